The summed E-state index contributed by atoms with van der Waals surface area (Å²) in [5, 5.41) is 10.4. The lowest BCUT2D eigenvalue weighted by atomic mass is 9.97. The molecule has 4 heterocycles. The topological polar surface area (TPSA) is 140 Å². The number of ether oxygens (including phenoxy) is 4. The monoisotopic (exact) mass is 622 g/mol. The summed E-state index contributed by atoms with van der Waals surface area (Å²) in [5.74, 6) is 0.457. The molecule has 0 bridgehead atoms. The second-order valence-electron chi connectivity index (χ2n) is 11.7. The Labute approximate surface area is 260 Å². The molecule has 0 N–H and O–H groups in total. The Morgan fingerprint density at radius 2 is 1.69 bits per heavy atom. The van der Waals surface area contributed by atoms with Crippen LogP contribution in [0.1, 0.15) is 71.1 Å². The van der Waals surface area contributed by atoms with Crippen LogP contribution < -0.4 is 4.74 Å². The lowest BCUT2D eigenvalue weighted by molar-refractivity contribution is -0.769. The Morgan fingerprint density at radius 3 is 2.42 bits per heavy atom. The van der Waals surface area contributed by atoms with Gasteiger partial charge in [-0.25, -0.2) is 4.79 Å². The molecule has 12 heteroatoms. The average molecular weight is 623 g/mol. The van der Waals surface area contributed by atoms with Crippen LogP contribution in [0.5, 0.6) is 5.75 Å². The molecular weight excluding hydrogens is 584 g/mol. The van der Waals surface area contributed by atoms with Gasteiger partial charge in [-0.1, -0.05) is 13.3 Å². The predicted octanol–water partition coefficient (Wildman–Crippen LogP) is 4.77. The van der Waals surface area contributed by atoms with E-state index in [2.05, 4.69) is 16.7 Å². The zero-order chi connectivity index (χ0) is 31.3. The number of ketones is 1. The van der Waals surface area contributed by atoms with Crippen molar-refractivity contribution >= 4 is 22.7 Å². The summed E-state index contributed by atoms with van der Waals surface area (Å²) in [5.41, 5.74) is 1.65. The summed E-state index contributed by atoms with van der Waals surface area (Å²) in [6.45, 7) is 6.03. The number of nitrogens with zero attached hydrogens (tertiary/aromatic N) is 2. The number of unbranched alkanes of at least 4 members (excludes halogenated alkanes) is 1. The minimum absolute atomic E-state index is 0.0235. The fraction of sp³-hybridized carbons (Fsp3) is 0.515. The number of benzene rings is 2. The van der Waals surface area contributed by atoms with Gasteiger partial charge in [0.05, 0.1) is 30.9 Å². The Bertz CT molecular complexity index is 1510. The molecule has 3 aliphatic rings. The molecule has 0 spiro atoms. The number of rotatable bonds is 14. The Balaban J connectivity index is 1.16. The number of hydrogen-bond acceptors (Lipinski definition) is 11. The number of hydrogen-bond donors (Lipinski definition) is 0. The molecule has 3 aromatic rings. The van der Waals surface area contributed by atoms with E-state index in [4.69, 9.17) is 23.4 Å². The van der Waals surface area contributed by atoms with E-state index in [-0.39, 0.29) is 24.6 Å². The lowest BCUT2D eigenvalue weighted by Gasteiger charge is -2.16. The molecule has 45 heavy (non-hydrogen) atoms. The smallest absolute Gasteiger partial charge is 0.338 e. The molecule has 3 aliphatic heterocycles. The molecule has 12 nitrogen and oxygen atoms in total. The first-order chi connectivity index (χ1) is 21.9. The molecule has 240 valence electrons. The van der Waals surface area contributed by atoms with E-state index in [1.54, 1.807) is 30.3 Å². The summed E-state index contributed by atoms with van der Waals surface area (Å²) < 4.78 is 29.0. The first-order valence-electron chi connectivity index (χ1n) is 15.7. The minimum Gasteiger partial charge on any atom is -0.494 e. The zero-order valence-corrected chi connectivity index (χ0v) is 25.3. The van der Waals surface area contributed by atoms with Gasteiger partial charge < -0.3 is 33.1 Å². The van der Waals surface area contributed by atoms with E-state index in [9.17, 15) is 19.7 Å². The second-order valence-corrected chi connectivity index (χ2v) is 11.7. The predicted molar refractivity (Wildman–Crippen MR) is 161 cm³/mol. The maximum absolute atomic E-state index is 13.9. The van der Waals surface area contributed by atoms with Gasteiger partial charge in [0.2, 0.25) is 0 Å². The maximum atomic E-state index is 13.9. The van der Waals surface area contributed by atoms with Crippen molar-refractivity contribution in [2.24, 2.45) is 0 Å². The number of likely N-dealkylation sites (tertiary alicyclic amines) is 1. The fourth-order valence-corrected chi connectivity index (χ4v) is 6.31. The molecular formula is C33H38N2O10. The third-order valence-corrected chi connectivity index (χ3v) is 8.63. The Morgan fingerprint density at radius 1 is 0.978 bits per heavy atom. The second kappa shape index (κ2) is 14.0. The molecule has 3 saturated heterocycles. The third-order valence-electron chi connectivity index (χ3n) is 8.63. The van der Waals surface area contributed by atoms with Gasteiger partial charge >= 0.3 is 5.97 Å². The minimum atomic E-state index is -0.883. The van der Waals surface area contributed by atoms with Crippen molar-refractivity contribution in [1.29, 1.82) is 0 Å². The van der Waals surface area contributed by atoms with Crippen LogP contribution in [0.2, 0.25) is 0 Å². The number of esters is 1. The Hall–Kier alpha value is -4.00. The molecule has 0 saturated carbocycles. The van der Waals surface area contributed by atoms with Gasteiger partial charge in [0.1, 0.15) is 29.3 Å². The highest BCUT2D eigenvalue weighted by molar-refractivity contribution is 6.17. The number of aryl methyl sites for hydroxylation is 1. The van der Waals surface area contributed by atoms with Crippen molar-refractivity contribution < 1.29 is 42.9 Å². The van der Waals surface area contributed by atoms with Crippen LogP contribution in [0.4, 0.5) is 0 Å². The molecule has 4 atom stereocenters. The number of furan rings is 1. The molecule has 0 amide bonds. The maximum Gasteiger partial charge on any atom is 0.338 e. The standard InChI is InChI=1S/C33H38N2O10/c1-2-3-7-26-29(30(36)21-8-11-23(12-9-21)40-17-6-16-34-14-4-5-15-34)24-18-22(10-13-25(24)43-26)33(37)44-27-19-41-32-28(45-35(38)39)20-42-31(27)32/h8-13,18,27-28,31-32H,2-7,14-17,19-20H2,1H3/t27-,28+,31-,32-/m1/s1. The quantitative estimate of drug-likeness (QED) is 0.0807. The summed E-state index contributed by atoms with van der Waals surface area (Å²) >= 11 is 0. The van der Waals surface area contributed by atoms with Gasteiger partial charge in [-0.05, 0) is 81.2 Å². The fourth-order valence-electron chi connectivity index (χ4n) is 6.31. The van der Waals surface area contributed by atoms with Crippen LogP contribution >= 0.6 is 0 Å². The normalized spacial score (nSPS) is 22.9. The molecule has 2 aromatic carbocycles. The van der Waals surface area contributed by atoms with Gasteiger partial charge in [-0.3, -0.25) is 4.79 Å². The number of carbonyl (C=O) groups is 2. The van der Waals surface area contributed by atoms with Crippen molar-refractivity contribution in [1.82, 2.24) is 4.90 Å². The average Bonchev–Trinajstić information content (AvgIpc) is 3.84. The molecule has 0 aliphatic carbocycles. The summed E-state index contributed by atoms with van der Waals surface area (Å²) in [6.07, 6.45) is 2.81. The first-order valence-corrected chi connectivity index (χ1v) is 15.7. The van der Waals surface area contributed by atoms with Crippen molar-refractivity contribution in [2.45, 2.75) is 69.9 Å². The highest BCUT2D eigenvalue weighted by Gasteiger charge is 2.51. The largest absolute Gasteiger partial charge is 0.494 e. The van der Waals surface area contributed by atoms with Crippen LogP contribution in [0.3, 0.4) is 0 Å². The highest BCUT2D eigenvalue weighted by atomic mass is 17.0. The summed E-state index contributed by atoms with van der Waals surface area (Å²) in [4.78, 5) is 45.0. The third kappa shape index (κ3) is 6.98. The van der Waals surface area contributed by atoms with Crippen LogP contribution in [0.15, 0.2) is 46.9 Å². The molecule has 0 radical (unpaired) electrons. The number of fused-ring (bicyclic) bond motifs is 2. The van der Waals surface area contributed by atoms with Crippen LogP contribution in [-0.4, -0.2) is 85.6 Å². The van der Waals surface area contributed by atoms with Crippen molar-refractivity contribution in [3.05, 3.63) is 75.0 Å². The SMILES string of the molecule is CCCCc1oc2ccc(C(=O)O[C@@H]3CO[C@H]4[C@@H]3OC[C@@H]4O[N+](=O)[O-])cc2c1C(=O)c1ccc(OCCCN2CCCC2)cc1. The molecule has 3 fully saturated rings. The van der Waals surface area contributed by atoms with Crippen molar-refractivity contribution in [3.8, 4) is 5.75 Å². The van der Waals surface area contributed by atoms with E-state index in [0.717, 1.165) is 38.9 Å². The summed E-state index contributed by atoms with van der Waals surface area (Å²) in [7, 11) is 0. The highest BCUT2D eigenvalue weighted by Crippen LogP contribution is 2.33. The first kappa shape index (κ1) is 31.0. The van der Waals surface area contributed by atoms with Crippen LogP contribution in [0, 0.1) is 10.1 Å². The van der Waals surface area contributed by atoms with Crippen molar-refractivity contribution in [2.75, 3.05) is 39.5 Å². The van der Waals surface area contributed by atoms with Gasteiger partial charge in [-0.2, -0.15) is 0 Å². The van der Waals surface area contributed by atoms with E-state index in [1.165, 1.54) is 12.8 Å². The van der Waals surface area contributed by atoms with Crippen LogP contribution in [-0.2, 0) is 25.5 Å². The van der Waals surface area contributed by atoms with Gasteiger partial charge in [0.25, 0.3) is 5.09 Å². The molecule has 6 rings (SSSR count). The van der Waals surface area contributed by atoms with E-state index < -0.39 is 35.5 Å². The Kier molecular flexibility index (Phi) is 9.62. The van der Waals surface area contributed by atoms with E-state index >= 15 is 0 Å². The molecule has 1 aromatic heterocycles. The summed E-state index contributed by atoms with van der Waals surface area (Å²) in [6, 6.07) is 12.0. The lowest BCUT2D eigenvalue weighted by Crippen LogP contribution is -2.35. The zero-order valence-electron chi connectivity index (χ0n) is 25.3. The van der Waals surface area contributed by atoms with E-state index in [1.807, 2.05) is 12.1 Å². The van der Waals surface area contributed by atoms with E-state index in [0.29, 0.717) is 46.6 Å². The van der Waals surface area contributed by atoms with Crippen molar-refractivity contribution in [3.63, 3.8) is 0 Å². The molecule has 0 unspecified atom stereocenters. The van der Waals surface area contributed by atoms with Gasteiger partial charge in [0.15, 0.2) is 18.0 Å². The van der Waals surface area contributed by atoms with Gasteiger partial charge in [-0.15, -0.1) is 10.1 Å². The number of carbonyl (C=O) groups excluding carboxylic acids is 2. The van der Waals surface area contributed by atoms with Gasteiger partial charge in [0, 0.05) is 23.9 Å². The van der Waals surface area contributed by atoms with Crippen LogP contribution in [0.25, 0.3) is 11.0 Å².